The van der Waals surface area contributed by atoms with Gasteiger partial charge < -0.3 is 24.1 Å². The molecule has 1 saturated heterocycles. The predicted octanol–water partition coefficient (Wildman–Crippen LogP) is 8.65. The van der Waals surface area contributed by atoms with Gasteiger partial charge in [0.1, 0.15) is 17.2 Å². The predicted molar refractivity (Wildman–Crippen MR) is 177 cm³/mol. The average Bonchev–Trinajstić information content (AvgIpc) is 3.33. The summed E-state index contributed by atoms with van der Waals surface area (Å²) < 4.78 is 27.2. The fourth-order valence-corrected chi connectivity index (χ4v) is 6.83. The lowest BCUT2D eigenvalue weighted by Crippen LogP contribution is -2.45. The van der Waals surface area contributed by atoms with Gasteiger partial charge in [0.25, 0.3) is 0 Å². The molecule has 1 aliphatic carbocycles. The molecule has 2 aliphatic rings. The zero-order valence-electron chi connectivity index (χ0n) is 27.0. The second-order valence-electron chi connectivity index (χ2n) is 13.4. The fourth-order valence-electron chi connectivity index (χ4n) is 6.83. The van der Waals surface area contributed by atoms with E-state index in [0.717, 1.165) is 84.7 Å². The number of halogens is 1. The van der Waals surface area contributed by atoms with Crippen molar-refractivity contribution >= 4 is 23.0 Å². The summed E-state index contributed by atoms with van der Waals surface area (Å²) in [5, 5.41) is 3.57. The Balaban J connectivity index is 1.31. The lowest BCUT2D eigenvalue weighted by atomic mass is 9.68. The number of nitrogens with zero attached hydrogens (tertiary/aromatic N) is 3. The van der Waals surface area contributed by atoms with Gasteiger partial charge in [-0.3, -0.25) is 0 Å². The van der Waals surface area contributed by atoms with Gasteiger partial charge in [0.15, 0.2) is 5.82 Å². The van der Waals surface area contributed by atoms with E-state index in [9.17, 15) is 9.18 Å². The van der Waals surface area contributed by atoms with Crippen LogP contribution in [0.3, 0.4) is 0 Å². The van der Waals surface area contributed by atoms with E-state index in [0.29, 0.717) is 6.54 Å². The van der Waals surface area contributed by atoms with E-state index in [1.165, 1.54) is 23.3 Å². The van der Waals surface area contributed by atoms with Gasteiger partial charge in [-0.25, -0.2) is 14.2 Å². The fraction of sp³-hybridized carbons (Fsp3) is 0.405. The molecular formula is C37H43FN4O3. The SMILES string of the molecule is COc1ccc(CNc2nccn3c(C)c(C4=CCC5(CC4)CCN(C(=O)OC(C)(C)C)CC5)c(-c4ccc(F)cc4)c23)cc1. The zero-order chi connectivity index (χ0) is 31.8. The third kappa shape index (κ3) is 6.42. The molecule has 1 fully saturated rings. The molecule has 1 aliphatic heterocycles. The van der Waals surface area contributed by atoms with Crippen LogP contribution in [-0.4, -0.2) is 46.2 Å². The van der Waals surface area contributed by atoms with Crippen molar-refractivity contribution in [2.45, 2.75) is 71.9 Å². The van der Waals surface area contributed by atoms with Gasteiger partial charge in [0.05, 0.1) is 12.6 Å². The van der Waals surface area contributed by atoms with Crippen LogP contribution in [0.4, 0.5) is 15.0 Å². The number of carbonyl (C=O) groups is 1. The summed E-state index contributed by atoms with van der Waals surface area (Å²) in [6.45, 7) is 9.94. The molecule has 236 valence electrons. The summed E-state index contributed by atoms with van der Waals surface area (Å²) in [4.78, 5) is 19.3. The minimum absolute atomic E-state index is 0.192. The Hall–Kier alpha value is -4.33. The molecule has 0 atom stereocenters. The first-order valence-corrected chi connectivity index (χ1v) is 15.9. The maximum Gasteiger partial charge on any atom is 0.410 e. The third-order valence-corrected chi connectivity index (χ3v) is 9.35. The standard InChI is InChI=1S/C37H43FN4O3/c1-25-31(28-14-16-37(17-15-28)18-21-41(22-19-37)35(43)45-36(2,3)4)32(27-8-10-29(38)11-9-27)33-34(39-20-23-42(25)33)40-24-26-6-12-30(44-5)13-7-26/h6-14,20,23H,15-19,21-22,24H2,1-5H3,(H,39,40). The molecule has 7 nitrogen and oxygen atoms in total. The first kappa shape index (κ1) is 30.7. The molecule has 0 bridgehead atoms. The van der Waals surface area contributed by atoms with Crippen LogP contribution in [0.15, 0.2) is 67.0 Å². The van der Waals surface area contributed by atoms with Crippen LogP contribution >= 0.6 is 0 Å². The van der Waals surface area contributed by atoms with Crippen molar-refractivity contribution in [3.63, 3.8) is 0 Å². The van der Waals surface area contributed by atoms with Crippen molar-refractivity contribution < 1.29 is 18.7 Å². The maximum absolute atomic E-state index is 14.1. The van der Waals surface area contributed by atoms with Crippen LogP contribution in [0.25, 0.3) is 22.2 Å². The Bertz CT molecular complexity index is 1710. The molecular weight excluding hydrogens is 567 g/mol. The molecule has 1 amide bonds. The minimum atomic E-state index is -0.490. The number of ether oxygens (including phenoxy) is 2. The van der Waals surface area contributed by atoms with Crippen molar-refractivity contribution in [3.05, 3.63) is 89.6 Å². The number of carbonyl (C=O) groups excluding carboxylic acids is 1. The summed E-state index contributed by atoms with van der Waals surface area (Å²) in [6, 6.07) is 14.8. The summed E-state index contributed by atoms with van der Waals surface area (Å²) in [6.07, 6.45) is 11.0. The highest BCUT2D eigenvalue weighted by Crippen LogP contribution is 2.49. The topological polar surface area (TPSA) is 68.1 Å². The van der Waals surface area contributed by atoms with Gasteiger partial charge in [0, 0.05) is 48.8 Å². The first-order chi connectivity index (χ1) is 21.6. The largest absolute Gasteiger partial charge is 0.497 e. The zero-order valence-corrected chi connectivity index (χ0v) is 27.0. The molecule has 2 aromatic carbocycles. The number of likely N-dealkylation sites (tertiary alicyclic amines) is 1. The Morgan fingerprint density at radius 3 is 2.36 bits per heavy atom. The van der Waals surface area contributed by atoms with Crippen molar-refractivity contribution in [1.82, 2.24) is 14.3 Å². The highest BCUT2D eigenvalue weighted by Gasteiger charge is 2.38. The molecule has 45 heavy (non-hydrogen) atoms. The number of aromatic nitrogens is 2. The Labute approximate surface area is 265 Å². The molecule has 0 radical (unpaired) electrons. The van der Waals surface area contributed by atoms with E-state index in [-0.39, 0.29) is 17.3 Å². The van der Waals surface area contributed by atoms with Crippen molar-refractivity contribution in [2.75, 3.05) is 25.5 Å². The lowest BCUT2D eigenvalue weighted by Gasteiger charge is -2.43. The van der Waals surface area contributed by atoms with E-state index in [4.69, 9.17) is 14.5 Å². The summed E-state index contributed by atoms with van der Waals surface area (Å²) in [5.74, 6) is 1.35. The van der Waals surface area contributed by atoms with Gasteiger partial charge in [-0.05, 0) is 106 Å². The number of aryl methyl sites for hydroxylation is 1. The highest BCUT2D eigenvalue weighted by atomic mass is 19.1. The van der Waals surface area contributed by atoms with Crippen LogP contribution < -0.4 is 10.1 Å². The molecule has 0 saturated carbocycles. The number of methoxy groups -OCH3 is 1. The summed E-state index contributed by atoms with van der Waals surface area (Å²) in [5.41, 5.74) is 7.49. The van der Waals surface area contributed by atoms with Crippen LogP contribution in [0.1, 0.15) is 69.7 Å². The molecule has 4 aromatic rings. The normalized spacial score (nSPS) is 16.5. The molecule has 1 spiro atoms. The second-order valence-corrected chi connectivity index (χ2v) is 13.4. The first-order valence-electron chi connectivity index (χ1n) is 15.9. The van der Waals surface area contributed by atoms with Crippen molar-refractivity contribution in [1.29, 1.82) is 0 Å². The quantitative estimate of drug-likeness (QED) is 0.237. The number of allylic oxidation sites excluding steroid dienone is 2. The molecule has 3 heterocycles. The molecule has 2 aromatic heterocycles. The van der Waals surface area contributed by atoms with Crippen molar-refractivity contribution in [3.8, 4) is 16.9 Å². The highest BCUT2D eigenvalue weighted by molar-refractivity contribution is 5.98. The van der Waals surface area contributed by atoms with Crippen LogP contribution in [0.5, 0.6) is 5.75 Å². The Kier molecular flexibility index (Phi) is 8.33. The lowest BCUT2D eigenvalue weighted by molar-refractivity contribution is 0.00896. The number of anilines is 1. The molecule has 0 unspecified atom stereocenters. The molecule has 8 heteroatoms. The van der Waals surface area contributed by atoms with E-state index in [1.807, 2.05) is 74.5 Å². The molecule has 6 rings (SSSR count). The van der Waals surface area contributed by atoms with E-state index < -0.39 is 5.60 Å². The average molecular weight is 611 g/mol. The number of rotatable bonds is 6. The Morgan fingerprint density at radius 1 is 1.02 bits per heavy atom. The van der Waals surface area contributed by atoms with Crippen LogP contribution in [0.2, 0.25) is 0 Å². The summed E-state index contributed by atoms with van der Waals surface area (Å²) >= 11 is 0. The van der Waals surface area contributed by atoms with Crippen LogP contribution in [-0.2, 0) is 11.3 Å². The number of nitrogens with one attached hydrogen (secondary N) is 1. The number of hydrogen-bond acceptors (Lipinski definition) is 5. The maximum atomic E-state index is 14.1. The number of amides is 1. The van der Waals surface area contributed by atoms with Crippen LogP contribution in [0, 0.1) is 18.2 Å². The number of fused-ring (bicyclic) bond motifs is 1. The second kappa shape index (κ2) is 12.2. The third-order valence-electron chi connectivity index (χ3n) is 9.35. The summed E-state index contributed by atoms with van der Waals surface area (Å²) in [7, 11) is 1.66. The monoisotopic (exact) mass is 610 g/mol. The van der Waals surface area contributed by atoms with Gasteiger partial charge in [-0.15, -0.1) is 0 Å². The van der Waals surface area contributed by atoms with Gasteiger partial charge in [0.2, 0.25) is 0 Å². The number of piperidine rings is 1. The van der Waals surface area contributed by atoms with E-state index >= 15 is 0 Å². The number of benzene rings is 2. The van der Waals surface area contributed by atoms with Crippen molar-refractivity contribution in [2.24, 2.45) is 5.41 Å². The van der Waals surface area contributed by atoms with Gasteiger partial charge in [-0.2, -0.15) is 0 Å². The Morgan fingerprint density at radius 2 is 1.73 bits per heavy atom. The van der Waals surface area contributed by atoms with E-state index in [1.54, 1.807) is 7.11 Å². The number of hydrogen-bond donors (Lipinski definition) is 1. The van der Waals surface area contributed by atoms with E-state index in [2.05, 4.69) is 22.7 Å². The minimum Gasteiger partial charge on any atom is -0.497 e. The van der Waals surface area contributed by atoms with Gasteiger partial charge in [-0.1, -0.05) is 30.3 Å². The molecule has 1 N–H and O–H groups in total. The van der Waals surface area contributed by atoms with Gasteiger partial charge >= 0.3 is 6.09 Å². The smallest absolute Gasteiger partial charge is 0.410 e.